The number of hydrogen-bond acceptors (Lipinski definition) is 6. The van der Waals surface area contributed by atoms with Crippen molar-refractivity contribution in [3.63, 3.8) is 0 Å². The first-order valence-electron chi connectivity index (χ1n) is 4.03. The Balaban J connectivity index is 0. The Kier molecular flexibility index (Phi) is 8.77. The smallest absolute Gasteiger partial charge is 0.867 e. The molecule has 0 bridgehead atoms. The third-order valence-corrected chi connectivity index (χ3v) is 1.88. The first-order valence-corrected chi connectivity index (χ1v) is 4.03. The van der Waals surface area contributed by atoms with Crippen LogP contribution >= 0.6 is 0 Å². The summed E-state index contributed by atoms with van der Waals surface area (Å²) in [5.74, 6) is -4.49. The Hall–Kier alpha value is -0.400. The average molecular weight is 240 g/mol. The molecule has 7 heteroatoms. The van der Waals surface area contributed by atoms with Gasteiger partial charge >= 0.3 is 35.5 Å². The minimum Gasteiger partial charge on any atom is -0.867 e. The number of hydrogen-bond donors (Lipinski definition) is 0. The maximum Gasteiger partial charge on any atom is 1.00 e. The van der Waals surface area contributed by atoms with Crippen LogP contribution in [0.1, 0.15) is 6.92 Å². The zero-order valence-corrected chi connectivity index (χ0v) is 12.0. The molecule has 0 rings (SSSR count). The van der Waals surface area contributed by atoms with Gasteiger partial charge in [0.05, 0.1) is 7.11 Å². The summed E-state index contributed by atoms with van der Waals surface area (Å²) in [4.78, 5) is 22.1. The predicted octanol–water partition coefficient (Wildman–Crippen LogP) is -4.01. The van der Waals surface area contributed by atoms with E-state index in [0.717, 1.165) is 7.11 Å². The van der Waals surface area contributed by atoms with Crippen LogP contribution in [-0.2, 0) is 23.8 Å². The Morgan fingerprint density at radius 3 is 1.94 bits per heavy atom. The van der Waals surface area contributed by atoms with Gasteiger partial charge in [-0.2, -0.15) is 0 Å². The van der Waals surface area contributed by atoms with E-state index in [1.54, 1.807) is 0 Å². The van der Waals surface area contributed by atoms with Crippen LogP contribution < -0.4 is 34.7 Å². The Morgan fingerprint density at radius 1 is 1.19 bits per heavy atom. The largest absolute Gasteiger partial charge is 1.00 e. The Morgan fingerprint density at radius 2 is 1.62 bits per heavy atom. The van der Waals surface area contributed by atoms with Crippen molar-refractivity contribution in [2.75, 3.05) is 21.3 Å². The van der Waals surface area contributed by atoms with Crippen molar-refractivity contribution in [2.45, 2.75) is 12.7 Å². The van der Waals surface area contributed by atoms with Gasteiger partial charge in [0.2, 0.25) is 11.6 Å². The van der Waals surface area contributed by atoms with E-state index in [1.165, 1.54) is 21.1 Å². The van der Waals surface area contributed by atoms with E-state index in [-0.39, 0.29) is 29.6 Å². The molecule has 0 saturated heterocycles. The van der Waals surface area contributed by atoms with Crippen molar-refractivity contribution in [1.82, 2.24) is 0 Å². The molecule has 0 aliphatic rings. The van der Waals surface area contributed by atoms with Gasteiger partial charge in [0.25, 0.3) is 0 Å². The van der Waals surface area contributed by atoms with Crippen LogP contribution in [0, 0.1) is 0 Å². The zero-order chi connectivity index (χ0) is 12.1. The molecule has 0 aliphatic carbocycles. The molecule has 0 fully saturated rings. The van der Waals surface area contributed by atoms with Crippen LogP contribution in [-0.4, -0.2) is 38.9 Å². The SMILES string of the molecule is COC(=O)/C([O-])=C/C(=O)C(C)(OC)OC.[Na+]. The van der Waals surface area contributed by atoms with Crippen molar-refractivity contribution in [3.8, 4) is 0 Å². The first kappa shape index (κ1) is 18.0. The van der Waals surface area contributed by atoms with Crippen LogP contribution in [0.3, 0.4) is 0 Å². The molecular formula is C9H13NaO6. The quantitative estimate of drug-likeness (QED) is 0.160. The summed E-state index contributed by atoms with van der Waals surface area (Å²) in [6, 6.07) is 0. The molecule has 0 radical (unpaired) electrons. The van der Waals surface area contributed by atoms with E-state index in [9.17, 15) is 14.7 Å². The molecule has 0 spiro atoms. The van der Waals surface area contributed by atoms with Gasteiger partial charge in [-0.15, -0.1) is 0 Å². The molecule has 0 atom stereocenters. The zero-order valence-electron chi connectivity index (χ0n) is 10.0. The van der Waals surface area contributed by atoms with E-state index < -0.39 is 23.3 Å². The number of methoxy groups -OCH3 is 3. The summed E-state index contributed by atoms with van der Waals surface area (Å²) >= 11 is 0. The van der Waals surface area contributed by atoms with E-state index in [0.29, 0.717) is 6.08 Å². The monoisotopic (exact) mass is 240 g/mol. The van der Waals surface area contributed by atoms with Gasteiger partial charge in [-0.25, -0.2) is 4.79 Å². The number of rotatable bonds is 5. The van der Waals surface area contributed by atoms with Crippen LogP contribution in [0.5, 0.6) is 0 Å². The molecule has 16 heavy (non-hydrogen) atoms. The van der Waals surface area contributed by atoms with Crippen LogP contribution in [0.25, 0.3) is 0 Å². The number of ether oxygens (including phenoxy) is 3. The van der Waals surface area contributed by atoms with E-state index in [2.05, 4.69) is 4.74 Å². The molecule has 0 unspecified atom stereocenters. The van der Waals surface area contributed by atoms with E-state index >= 15 is 0 Å². The maximum atomic E-state index is 11.4. The molecule has 0 saturated carbocycles. The second-order valence-corrected chi connectivity index (χ2v) is 2.72. The van der Waals surface area contributed by atoms with Crippen molar-refractivity contribution >= 4 is 11.8 Å². The second kappa shape index (κ2) is 7.81. The fourth-order valence-corrected chi connectivity index (χ4v) is 0.694. The maximum absolute atomic E-state index is 11.4. The fourth-order valence-electron chi connectivity index (χ4n) is 0.694. The summed E-state index contributed by atoms with van der Waals surface area (Å²) in [6.07, 6.45) is 0.582. The van der Waals surface area contributed by atoms with Gasteiger partial charge < -0.3 is 19.3 Å². The van der Waals surface area contributed by atoms with Gasteiger partial charge in [0, 0.05) is 14.2 Å². The molecule has 0 aromatic heterocycles. The Bertz CT molecular complexity index is 282. The number of carbonyl (C=O) groups is 2. The number of esters is 1. The average Bonchev–Trinajstić information content (AvgIpc) is 2.26. The molecule has 0 aromatic rings. The van der Waals surface area contributed by atoms with Gasteiger partial charge in [0.1, 0.15) is 0 Å². The van der Waals surface area contributed by atoms with Crippen LogP contribution in [0.15, 0.2) is 11.8 Å². The first-order chi connectivity index (χ1) is 6.91. The third-order valence-electron chi connectivity index (χ3n) is 1.88. The molecule has 0 N–H and O–H groups in total. The predicted molar refractivity (Wildman–Crippen MR) is 47.5 cm³/mol. The molecule has 0 amide bonds. The topological polar surface area (TPSA) is 84.9 Å². The molecule has 0 aliphatic heterocycles. The standard InChI is InChI=1S/C9H14O6.Na/c1-9(14-3,15-4)7(11)5-6(10)8(12)13-2;/h5,10H,1-4H3;/q;+1/p-1/b6-5-;. The van der Waals surface area contributed by atoms with Crippen molar-refractivity contribution < 1.29 is 58.5 Å². The molecule has 6 nitrogen and oxygen atoms in total. The number of ketones is 1. The molecular weight excluding hydrogens is 227 g/mol. The minimum atomic E-state index is -1.57. The second-order valence-electron chi connectivity index (χ2n) is 2.72. The van der Waals surface area contributed by atoms with Crippen molar-refractivity contribution in [1.29, 1.82) is 0 Å². The van der Waals surface area contributed by atoms with Gasteiger partial charge in [-0.05, 0) is 18.8 Å². The van der Waals surface area contributed by atoms with Crippen LogP contribution in [0.2, 0.25) is 0 Å². The molecule has 0 heterocycles. The van der Waals surface area contributed by atoms with Gasteiger partial charge in [0.15, 0.2) is 0 Å². The van der Waals surface area contributed by atoms with Gasteiger partial charge in [-0.3, -0.25) is 4.79 Å². The summed E-state index contributed by atoms with van der Waals surface area (Å²) in [5.41, 5.74) is 0. The Labute approximate surface area is 116 Å². The summed E-state index contributed by atoms with van der Waals surface area (Å²) in [5, 5.41) is 11.0. The van der Waals surface area contributed by atoms with E-state index in [4.69, 9.17) is 9.47 Å². The fraction of sp³-hybridized carbons (Fsp3) is 0.556. The number of carbonyl (C=O) groups excluding carboxylic acids is 2. The van der Waals surface area contributed by atoms with Crippen molar-refractivity contribution in [3.05, 3.63) is 11.8 Å². The third kappa shape index (κ3) is 4.63. The summed E-state index contributed by atoms with van der Waals surface area (Å²) < 4.78 is 13.7. The van der Waals surface area contributed by atoms with Crippen LogP contribution in [0.4, 0.5) is 0 Å². The molecule has 86 valence electrons. The minimum absolute atomic E-state index is 0. The van der Waals surface area contributed by atoms with Gasteiger partial charge in [-0.1, -0.05) is 0 Å². The van der Waals surface area contributed by atoms with E-state index in [1.807, 2.05) is 0 Å². The normalized spacial score (nSPS) is 11.6. The summed E-state index contributed by atoms with van der Waals surface area (Å²) in [7, 11) is 3.54. The molecule has 0 aromatic carbocycles. The van der Waals surface area contributed by atoms with Crippen molar-refractivity contribution in [2.24, 2.45) is 0 Å². The summed E-state index contributed by atoms with van der Waals surface area (Å²) in [6.45, 7) is 1.33.